The Balaban J connectivity index is 0.000000207. The van der Waals surface area contributed by atoms with E-state index >= 15 is 0 Å². The average molecular weight is 2120 g/mol. The molecule has 748 valence electrons. The van der Waals surface area contributed by atoms with Gasteiger partial charge in [-0.1, -0.05) is 195 Å². The van der Waals surface area contributed by atoms with Gasteiger partial charge in [-0.25, -0.2) is 28.8 Å². The van der Waals surface area contributed by atoms with Crippen LogP contribution in [0, 0.1) is 93.6 Å². The van der Waals surface area contributed by atoms with Gasteiger partial charge < -0.3 is 56.8 Å². The van der Waals surface area contributed by atoms with Crippen molar-refractivity contribution in [1.29, 1.82) is 0 Å². The number of aryl methyl sites for hydroxylation is 14. The molecule has 0 aromatic heterocycles. The molecule has 27 heteroatoms. The quantitative estimate of drug-likeness (QED) is 0.0169. The van der Waals surface area contributed by atoms with Crippen molar-refractivity contribution >= 4 is 121 Å². The highest BCUT2D eigenvalue weighted by atomic mass is 127. The Hall–Kier alpha value is -13.4. The second-order valence-corrected chi connectivity index (χ2v) is 36.1. The first-order valence-corrected chi connectivity index (χ1v) is 49.3. The molecule has 0 bridgehead atoms. The second kappa shape index (κ2) is 58.6. The van der Waals surface area contributed by atoms with Gasteiger partial charge in [0, 0.05) is 46.4 Å². The third kappa shape index (κ3) is 39.3. The molecule has 1 saturated carbocycles. The maximum atomic E-state index is 11.9. The molecule has 0 atom stereocenters. The fraction of sp³-hybridized carbons (Fsp3) is 0.316. The van der Waals surface area contributed by atoms with E-state index in [-0.39, 0.29) is 0 Å². The molecule has 1 fully saturated rings. The van der Waals surface area contributed by atoms with E-state index in [2.05, 4.69) is 160 Å². The summed E-state index contributed by atoms with van der Waals surface area (Å²) in [4.78, 5) is 70.2. The van der Waals surface area contributed by atoms with Gasteiger partial charge in [0.25, 0.3) is 0 Å². The number of hydrogen-bond acceptors (Lipinski definition) is 18. The van der Waals surface area contributed by atoms with Crippen LogP contribution in [0.4, 0.5) is 62.9 Å². The first-order valence-electron chi connectivity index (χ1n) is 47.1. The Morgan fingerprint density at radius 2 is 0.525 bits per heavy atom. The predicted molar refractivity (Wildman–Crippen MR) is 576 cm³/mol. The van der Waals surface area contributed by atoms with E-state index in [1.165, 1.54) is 51.8 Å². The minimum atomic E-state index is -0.512. The summed E-state index contributed by atoms with van der Waals surface area (Å²) in [6.07, 6.45) is 0.570. The molecule has 12 aromatic carbocycles. The Kier molecular flexibility index (Phi) is 46.9. The smallest absolute Gasteiger partial charge is 0.411 e. The molecule has 24 nitrogen and oxygen atoms in total. The molecule has 6 amide bonds. The maximum absolute atomic E-state index is 11.9. The summed E-state index contributed by atoms with van der Waals surface area (Å²) >= 11 is 11.6. The van der Waals surface area contributed by atoms with Gasteiger partial charge in [-0.15, -0.1) is 0 Å². The highest BCUT2D eigenvalue weighted by molar-refractivity contribution is 14.1. The van der Waals surface area contributed by atoms with Crippen molar-refractivity contribution in [2.24, 2.45) is 0 Å². The van der Waals surface area contributed by atoms with E-state index in [1.807, 2.05) is 214 Å². The third-order valence-electron chi connectivity index (χ3n) is 21.6. The Morgan fingerprint density at radius 3 is 0.823 bits per heavy atom. The maximum Gasteiger partial charge on any atom is 0.411 e. The fourth-order valence-corrected chi connectivity index (χ4v) is 15.3. The van der Waals surface area contributed by atoms with Crippen molar-refractivity contribution in [3.05, 3.63) is 348 Å². The molecular formula is C114H133BrClIN6O18. The van der Waals surface area contributed by atoms with Crippen LogP contribution in [0.25, 0.3) is 0 Å². The molecule has 13 rings (SSSR count). The van der Waals surface area contributed by atoms with Crippen LogP contribution in [0.5, 0.6) is 34.5 Å². The lowest BCUT2D eigenvalue weighted by atomic mass is 10.1. The Morgan fingerprint density at radius 1 is 0.284 bits per heavy atom. The summed E-state index contributed by atoms with van der Waals surface area (Å²) in [5.41, 5.74) is 26.8. The van der Waals surface area contributed by atoms with Crippen molar-refractivity contribution in [2.75, 3.05) is 71.5 Å². The Labute approximate surface area is 857 Å². The van der Waals surface area contributed by atoms with Crippen LogP contribution in [0.1, 0.15) is 184 Å². The first kappa shape index (κ1) is 113. The molecule has 0 spiro atoms. The molecule has 12 aromatic rings. The van der Waals surface area contributed by atoms with E-state index in [9.17, 15) is 28.8 Å². The first-order chi connectivity index (χ1) is 67.6. The minimum absolute atomic E-state index is 0.306. The molecule has 1 aliphatic carbocycles. The number of hydrogen-bond donors (Lipinski definition) is 6. The molecule has 0 saturated heterocycles. The number of benzene rings is 12. The van der Waals surface area contributed by atoms with Gasteiger partial charge in [0.15, 0.2) is 0 Å². The highest BCUT2D eigenvalue weighted by Crippen LogP contribution is 2.42. The van der Waals surface area contributed by atoms with E-state index in [0.29, 0.717) is 113 Å². The van der Waals surface area contributed by atoms with Gasteiger partial charge >= 0.3 is 36.6 Å². The normalized spacial score (nSPS) is 10.8. The van der Waals surface area contributed by atoms with E-state index in [1.54, 1.807) is 53.7 Å². The molecule has 0 radical (unpaired) electrons. The van der Waals surface area contributed by atoms with Crippen LogP contribution in [0.15, 0.2) is 223 Å². The molecular weight excluding hydrogens is 1980 g/mol. The summed E-state index contributed by atoms with van der Waals surface area (Å²) in [5.74, 6) is 5.67. The lowest BCUT2D eigenvalue weighted by molar-refractivity contribution is 0.167. The van der Waals surface area contributed by atoms with E-state index < -0.39 is 36.6 Å². The van der Waals surface area contributed by atoms with E-state index in [4.69, 9.17) is 68.4 Å². The third-order valence-corrected chi connectivity index (χ3v) is 23.0. The van der Waals surface area contributed by atoms with Gasteiger partial charge in [0.05, 0.1) is 73.8 Å². The second-order valence-electron chi connectivity index (χ2n) is 33.5. The van der Waals surface area contributed by atoms with Crippen LogP contribution < -0.4 is 60.3 Å². The van der Waals surface area contributed by atoms with Gasteiger partial charge in [-0.3, -0.25) is 31.9 Å². The number of carbonyl (C=O) groups excluding carboxylic acids is 6. The zero-order valence-electron chi connectivity index (χ0n) is 84.5. The predicted octanol–water partition coefficient (Wildman–Crippen LogP) is 30.5. The monoisotopic (exact) mass is 2110 g/mol. The standard InChI is InChI=1S/C21H25NO3.C20H25NO3.C19H23NO3.C18H20BrNO3.C18H20ClNO3.C18H20INO3/c1-4-24-21(23)22-19-12-17(16-6-7-16)8-9-18(19)13-25-20-10-5-14(2)11-15(20)3;1-5-16-8-9-17(18(12-16)21-20(22)23-6-2)13-24-19-10-7-14(3)11-15(19)4;1-5-22-19(21)20-17-11-14(3)6-8-16(17)12-23-18-9-7-13(2)10-15(18)4;3*1-4-22-18(21)20-16-10-15(19)7-6-14(16)11-23-17-8-5-12(2)9-13(17)3/h5,8-12,16H,4,6-7,13H2,1-3H3,(H,22,23);7-12H,5-6,13H2,1-4H3,(H,21,22);6-11H,5,12H2,1-4H3,(H,20,21);3*5-10H,4,11H2,1-3H3,(H,20,21). The molecule has 0 aliphatic heterocycles. The van der Waals surface area contributed by atoms with Crippen LogP contribution in [-0.4, -0.2) is 76.2 Å². The van der Waals surface area contributed by atoms with Crippen molar-refractivity contribution in [3.63, 3.8) is 0 Å². The molecule has 6 N–H and O–H groups in total. The number of ether oxygens (including phenoxy) is 12. The highest BCUT2D eigenvalue weighted by Gasteiger charge is 2.26. The van der Waals surface area contributed by atoms with Gasteiger partial charge in [0.1, 0.15) is 74.1 Å². The summed E-state index contributed by atoms with van der Waals surface area (Å²) < 4.78 is 67.1. The summed E-state index contributed by atoms with van der Waals surface area (Å²) in [6.45, 7) is 43.4. The summed E-state index contributed by atoms with van der Waals surface area (Å²) in [6, 6.07) is 71.3. The van der Waals surface area contributed by atoms with Crippen LogP contribution in [0.3, 0.4) is 0 Å². The Bertz CT molecular complexity index is 5700. The number of nitrogens with one attached hydrogen (secondary N) is 6. The number of anilines is 6. The van der Waals surface area contributed by atoms with Crippen LogP contribution in [-0.2, 0) is 74.5 Å². The number of carbonyl (C=O) groups is 6. The van der Waals surface area contributed by atoms with Crippen molar-refractivity contribution in [1.82, 2.24) is 0 Å². The summed E-state index contributed by atoms with van der Waals surface area (Å²) in [5, 5.41) is 17.2. The van der Waals surface area contributed by atoms with Crippen LogP contribution >= 0.6 is 50.1 Å². The molecule has 0 heterocycles. The minimum Gasteiger partial charge on any atom is -0.489 e. The average Bonchev–Trinajstić information content (AvgIpc) is 1.70. The lowest BCUT2D eigenvalue weighted by Crippen LogP contribution is -2.15. The van der Waals surface area contributed by atoms with Crippen molar-refractivity contribution in [3.8, 4) is 34.5 Å². The van der Waals surface area contributed by atoms with Gasteiger partial charge in [0.2, 0.25) is 0 Å². The van der Waals surface area contributed by atoms with Crippen molar-refractivity contribution in [2.45, 2.75) is 203 Å². The number of halogens is 3. The number of rotatable bonds is 32. The lowest BCUT2D eigenvalue weighted by Gasteiger charge is -2.15. The van der Waals surface area contributed by atoms with Crippen molar-refractivity contribution < 1.29 is 85.6 Å². The molecule has 0 unspecified atom stereocenters. The van der Waals surface area contributed by atoms with Gasteiger partial charge in [-0.05, 0) is 320 Å². The molecule has 1 aliphatic rings. The SMILES string of the molecule is CCOC(=O)Nc1cc(Br)ccc1COc1ccc(C)cc1C.CCOC(=O)Nc1cc(C)ccc1COc1ccc(C)cc1C.CCOC(=O)Nc1cc(C2CC2)ccc1COc1ccc(C)cc1C.CCOC(=O)Nc1cc(CC)ccc1COc1ccc(C)cc1C.CCOC(=O)Nc1cc(Cl)ccc1COc1ccc(C)cc1C.CCOC(=O)Nc1cc(I)ccc1COc1ccc(C)cc1C. The fourth-order valence-electron chi connectivity index (χ4n) is 14.3. The van der Waals surface area contributed by atoms with Crippen LogP contribution in [0.2, 0.25) is 5.02 Å². The zero-order chi connectivity index (χ0) is 103. The number of amides is 6. The molecule has 141 heavy (non-hydrogen) atoms. The largest absolute Gasteiger partial charge is 0.489 e. The summed E-state index contributed by atoms with van der Waals surface area (Å²) in [7, 11) is 0. The van der Waals surface area contributed by atoms with Gasteiger partial charge in [-0.2, -0.15) is 0 Å². The van der Waals surface area contributed by atoms with E-state index in [0.717, 1.165) is 138 Å². The zero-order valence-corrected chi connectivity index (χ0v) is 89.0. The topological polar surface area (TPSA) is 285 Å².